The van der Waals surface area contributed by atoms with Gasteiger partial charge in [0.15, 0.2) is 5.65 Å². The van der Waals surface area contributed by atoms with Crippen LogP contribution < -0.4 is 5.69 Å². The maximum atomic E-state index is 12.8. The standard InChI is InChI=1S/C17H21N5OS/c1-3-21-14-5-4-7-18-16(14)22(17(21)23)13-6-8-20(9-13)10-15-12(2)19-11-24-15/h4-5,7,11,13H,3,6,8-10H2,1-2H3/t13-/m1/s1. The number of pyridine rings is 1. The van der Waals surface area contributed by atoms with Crippen molar-refractivity contribution in [1.29, 1.82) is 0 Å². The average molecular weight is 343 g/mol. The maximum absolute atomic E-state index is 12.8. The highest BCUT2D eigenvalue weighted by Crippen LogP contribution is 2.26. The minimum atomic E-state index is 0.0621. The molecule has 0 aromatic carbocycles. The normalized spacial score (nSPS) is 18.7. The first-order valence-corrected chi connectivity index (χ1v) is 9.24. The molecule has 0 unspecified atom stereocenters. The van der Waals surface area contributed by atoms with Crippen molar-refractivity contribution >= 4 is 22.5 Å². The fraction of sp³-hybridized carbons (Fsp3) is 0.471. The van der Waals surface area contributed by atoms with Gasteiger partial charge in [0.2, 0.25) is 0 Å². The third-order valence-electron chi connectivity index (χ3n) is 4.86. The minimum absolute atomic E-state index is 0.0621. The van der Waals surface area contributed by atoms with Crippen molar-refractivity contribution in [2.24, 2.45) is 0 Å². The van der Waals surface area contributed by atoms with Gasteiger partial charge < -0.3 is 0 Å². The third-order valence-corrected chi connectivity index (χ3v) is 5.78. The van der Waals surface area contributed by atoms with Gasteiger partial charge in [-0.2, -0.15) is 0 Å². The van der Waals surface area contributed by atoms with Crippen LogP contribution in [0.3, 0.4) is 0 Å². The highest BCUT2D eigenvalue weighted by molar-refractivity contribution is 7.09. The molecule has 1 fully saturated rings. The van der Waals surface area contributed by atoms with E-state index < -0.39 is 0 Å². The summed E-state index contributed by atoms with van der Waals surface area (Å²) < 4.78 is 3.72. The fourth-order valence-electron chi connectivity index (χ4n) is 3.59. The quantitative estimate of drug-likeness (QED) is 0.730. The number of likely N-dealkylation sites (tertiary alicyclic amines) is 1. The molecule has 126 valence electrons. The van der Waals surface area contributed by atoms with Gasteiger partial charge in [0.25, 0.3) is 0 Å². The lowest BCUT2D eigenvalue weighted by molar-refractivity contribution is 0.317. The van der Waals surface area contributed by atoms with Crippen LogP contribution in [0.4, 0.5) is 0 Å². The highest BCUT2D eigenvalue weighted by atomic mass is 32.1. The molecule has 1 aliphatic rings. The van der Waals surface area contributed by atoms with Gasteiger partial charge in [-0.25, -0.2) is 14.8 Å². The van der Waals surface area contributed by atoms with Crippen molar-refractivity contribution in [1.82, 2.24) is 24.0 Å². The van der Waals surface area contributed by atoms with Crippen LogP contribution in [0.25, 0.3) is 11.2 Å². The summed E-state index contributed by atoms with van der Waals surface area (Å²) in [5.74, 6) is 0. The Morgan fingerprint density at radius 3 is 3.00 bits per heavy atom. The van der Waals surface area contributed by atoms with Crippen LogP contribution in [-0.4, -0.2) is 37.1 Å². The maximum Gasteiger partial charge on any atom is 0.330 e. The molecule has 4 rings (SSSR count). The van der Waals surface area contributed by atoms with Crippen LogP contribution in [0.1, 0.15) is 30.0 Å². The summed E-state index contributed by atoms with van der Waals surface area (Å²) in [6.45, 7) is 7.54. The van der Waals surface area contributed by atoms with E-state index in [4.69, 9.17) is 0 Å². The number of fused-ring (bicyclic) bond motifs is 1. The molecule has 1 saturated heterocycles. The first-order valence-electron chi connectivity index (χ1n) is 8.36. The molecule has 0 radical (unpaired) electrons. The van der Waals surface area contributed by atoms with Crippen LogP contribution in [0.2, 0.25) is 0 Å². The van der Waals surface area contributed by atoms with Gasteiger partial charge in [-0.3, -0.25) is 14.0 Å². The molecule has 3 aromatic heterocycles. The van der Waals surface area contributed by atoms with Gasteiger partial charge in [0.05, 0.1) is 22.8 Å². The van der Waals surface area contributed by atoms with Gasteiger partial charge in [-0.1, -0.05) is 0 Å². The average Bonchev–Trinajstić information content (AvgIpc) is 3.26. The zero-order valence-corrected chi connectivity index (χ0v) is 14.8. The molecule has 0 bridgehead atoms. The van der Waals surface area contributed by atoms with Crippen LogP contribution in [-0.2, 0) is 13.1 Å². The second kappa shape index (κ2) is 6.14. The summed E-state index contributed by atoms with van der Waals surface area (Å²) in [4.78, 5) is 25.4. The van der Waals surface area contributed by atoms with Crippen molar-refractivity contribution < 1.29 is 0 Å². The smallest absolute Gasteiger partial charge is 0.296 e. The van der Waals surface area contributed by atoms with E-state index in [9.17, 15) is 4.79 Å². The molecule has 1 atom stereocenters. The molecule has 6 nitrogen and oxygen atoms in total. The predicted octanol–water partition coefficient (Wildman–Crippen LogP) is 2.43. The van der Waals surface area contributed by atoms with Crippen molar-refractivity contribution in [3.63, 3.8) is 0 Å². The summed E-state index contributed by atoms with van der Waals surface area (Å²) in [5.41, 5.74) is 4.82. The number of thiazole rings is 1. The molecule has 4 heterocycles. The Bertz CT molecular complexity index is 925. The van der Waals surface area contributed by atoms with E-state index in [-0.39, 0.29) is 11.7 Å². The summed E-state index contributed by atoms with van der Waals surface area (Å²) in [6, 6.07) is 4.07. The van der Waals surface area contributed by atoms with Crippen LogP contribution in [0, 0.1) is 6.92 Å². The number of nitrogens with zero attached hydrogens (tertiary/aromatic N) is 5. The summed E-state index contributed by atoms with van der Waals surface area (Å²) in [7, 11) is 0. The number of imidazole rings is 1. The van der Waals surface area contributed by atoms with Gasteiger partial charge in [0, 0.05) is 37.3 Å². The Labute approximate surface area is 144 Å². The number of hydrogen-bond donors (Lipinski definition) is 0. The highest BCUT2D eigenvalue weighted by Gasteiger charge is 2.28. The Morgan fingerprint density at radius 1 is 1.38 bits per heavy atom. The van der Waals surface area contributed by atoms with E-state index in [1.54, 1.807) is 17.5 Å². The molecule has 0 amide bonds. The molecular weight excluding hydrogens is 322 g/mol. The minimum Gasteiger partial charge on any atom is -0.296 e. The van der Waals surface area contributed by atoms with Gasteiger partial charge in [-0.15, -0.1) is 11.3 Å². The summed E-state index contributed by atoms with van der Waals surface area (Å²) in [6.07, 6.45) is 2.75. The number of aryl methyl sites for hydroxylation is 2. The fourth-order valence-corrected chi connectivity index (χ4v) is 4.41. The predicted molar refractivity (Wildman–Crippen MR) is 95.4 cm³/mol. The van der Waals surface area contributed by atoms with E-state index >= 15 is 0 Å². The zero-order chi connectivity index (χ0) is 16.7. The van der Waals surface area contributed by atoms with Crippen molar-refractivity contribution in [2.75, 3.05) is 13.1 Å². The monoisotopic (exact) mass is 343 g/mol. The topological polar surface area (TPSA) is 56.0 Å². The second-order valence-corrected chi connectivity index (χ2v) is 7.22. The lowest BCUT2D eigenvalue weighted by atomic mass is 10.2. The number of aromatic nitrogens is 4. The molecule has 24 heavy (non-hydrogen) atoms. The van der Waals surface area contributed by atoms with Crippen molar-refractivity contribution in [3.05, 3.63) is 44.9 Å². The number of rotatable bonds is 4. The van der Waals surface area contributed by atoms with Gasteiger partial charge >= 0.3 is 5.69 Å². The number of hydrogen-bond acceptors (Lipinski definition) is 5. The molecule has 1 aliphatic heterocycles. The first kappa shape index (κ1) is 15.5. The lowest BCUT2D eigenvalue weighted by Crippen LogP contribution is -2.29. The Kier molecular flexibility index (Phi) is 3.97. The van der Waals surface area contributed by atoms with E-state index in [1.165, 1.54) is 4.88 Å². The Hall–Kier alpha value is -1.99. The van der Waals surface area contributed by atoms with Crippen LogP contribution in [0.15, 0.2) is 28.6 Å². The lowest BCUT2D eigenvalue weighted by Gasteiger charge is -2.16. The van der Waals surface area contributed by atoms with Crippen molar-refractivity contribution in [2.45, 2.75) is 39.4 Å². The molecule has 0 spiro atoms. The van der Waals surface area contributed by atoms with E-state index in [0.29, 0.717) is 6.54 Å². The molecule has 0 saturated carbocycles. The SMILES string of the molecule is CCn1c(=O)n([C@@H]2CCN(Cc3scnc3C)C2)c2ncccc21. The summed E-state index contributed by atoms with van der Waals surface area (Å²) in [5, 5.41) is 0. The molecule has 7 heteroatoms. The Morgan fingerprint density at radius 2 is 2.25 bits per heavy atom. The summed E-state index contributed by atoms with van der Waals surface area (Å²) >= 11 is 1.71. The molecule has 3 aromatic rings. The van der Waals surface area contributed by atoms with Crippen LogP contribution >= 0.6 is 11.3 Å². The van der Waals surface area contributed by atoms with E-state index in [0.717, 1.165) is 42.9 Å². The zero-order valence-electron chi connectivity index (χ0n) is 14.0. The van der Waals surface area contributed by atoms with Crippen LogP contribution in [0.5, 0.6) is 0 Å². The third kappa shape index (κ3) is 2.48. The first-order chi connectivity index (χ1) is 11.7. The molecular formula is C17H21N5OS. The van der Waals surface area contributed by atoms with E-state index in [1.807, 2.05) is 33.7 Å². The van der Waals surface area contributed by atoms with Gasteiger partial charge in [-0.05, 0) is 32.4 Å². The molecule has 0 aliphatic carbocycles. The Balaban J connectivity index is 1.64. The largest absolute Gasteiger partial charge is 0.330 e. The van der Waals surface area contributed by atoms with Gasteiger partial charge in [0.1, 0.15) is 0 Å². The molecule has 0 N–H and O–H groups in total. The van der Waals surface area contributed by atoms with E-state index in [2.05, 4.69) is 21.8 Å². The second-order valence-electron chi connectivity index (χ2n) is 6.28. The van der Waals surface area contributed by atoms with Crippen molar-refractivity contribution in [3.8, 4) is 0 Å².